The van der Waals surface area contributed by atoms with Crippen molar-refractivity contribution in [2.75, 3.05) is 19.7 Å². The second kappa shape index (κ2) is 9.37. The maximum atomic E-state index is 12.7. The van der Waals surface area contributed by atoms with Crippen LogP contribution < -0.4 is 10.2 Å². The number of terminal acetylenes is 1. The number of amides is 1. The largest absolute Gasteiger partial charge is 0.480 e. The van der Waals surface area contributed by atoms with E-state index in [-0.39, 0.29) is 17.1 Å². The highest BCUT2D eigenvalue weighted by atomic mass is 32.2. The van der Waals surface area contributed by atoms with Crippen LogP contribution in [0.3, 0.4) is 0 Å². The predicted molar refractivity (Wildman–Crippen MR) is 110 cm³/mol. The summed E-state index contributed by atoms with van der Waals surface area (Å²) in [6.07, 6.45) is 8.34. The maximum absolute atomic E-state index is 12.7. The Hall–Kier alpha value is -3.15. The van der Waals surface area contributed by atoms with Crippen molar-refractivity contribution in [2.45, 2.75) is 17.7 Å². The van der Waals surface area contributed by atoms with Crippen LogP contribution in [-0.2, 0) is 10.0 Å². The highest BCUT2D eigenvalue weighted by Gasteiger charge is 2.27. The van der Waals surface area contributed by atoms with Gasteiger partial charge in [0, 0.05) is 24.2 Å². The number of nitrogens with zero attached hydrogens (tertiary/aromatic N) is 2. The summed E-state index contributed by atoms with van der Waals surface area (Å²) in [6, 6.07) is 13.1. The van der Waals surface area contributed by atoms with E-state index in [1.807, 2.05) is 0 Å². The molecule has 1 heterocycles. The molecule has 1 N–H and O–H groups in total. The number of benzene rings is 2. The van der Waals surface area contributed by atoms with Gasteiger partial charge in [0.05, 0.1) is 11.1 Å². The summed E-state index contributed by atoms with van der Waals surface area (Å²) in [7, 11) is -3.59. The molecule has 0 aliphatic carbocycles. The molecule has 0 atom stereocenters. The molecule has 29 heavy (non-hydrogen) atoms. The van der Waals surface area contributed by atoms with E-state index in [1.54, 1.807) is 30.3 Å². The second-order valence-corrected chi connectivity index (χ2v) is 8.31. The number of nitrogens with one attached hydrogen (secondary N) is 1. The molecule has 0 saturated carbocycles. The molecule has 0 bridgehead atoms. The normalized spacial score (nSPS) is 14.6. The van der Waals surface area contributed by atoms with E-state index in [4.69, 9.17) is 11.2 Å². The van der Waals surface area contributed by atoms with Crippen molar-refractivity contribution >= 4 is 22.1 Å². The molecule has 0 unspecified atom stereocenters. The fourth-order valence-electron chi connectivity index (χ4n) is 2.94. The molecular formula is C21H21N3O4S. The third-order valence-electron chi connectivity index (χ3n) is 4.40. The average Bonchev–Trinajstić information content (AvgIpc) is 3.29. The molecule has 1 aliphatic heterocycles. The molecule has 0 aromatic heterocycles. The number of carbonyl (C=O) groups excluding carboxylic acids is 1. The van der Waals surface area contributed by atoms with Gasteiger partial charge in [0.25, 0.3) is 5.91 Å². The summed E-state index contributed by atoms with van der Waals surface area (Å²) in [5.74, 6) is 2.42. The van der Waals surface area contributed by atoms with Crippen LogP contribution in [0.2, 0.25) is 0 Å². The zero-order chi connectivity index (χ0) is 20.7. The first-order chi connectivity index (χ1) is 14.0. The lowest BCUT2D eigenvalue weighted by atomic mass is 10.2. The first-order valence-corrected chi connectivity index (χ1v) is 10.6. The molecule has 7 nitrogen and oxygen atoms in total. The van der Waals surface area contributed by atoms with Crippen molar-refractivity contribution in [3.05, 3.63) is 59.7 Å². The molecule has 1 saturated heterocycles. The standard InChI is InChI=1S/C21H21N3O4S/c1-2-14-28-20-11-4-3-8-18(20)16-22-23-21(25)17-9-7-10-19(15-17)29(26,27)24-12-5-6-13-24/h1,3-4,7-11,15-16H,5-6,12-14H2,(H,23,25)/b22-16-. The van der Waals surface area contributed by atoms with E-state index in [2.05, 4.69) is 16.4 Å². The summed E-state index contributed by atoms with van der Waals surface area (Å²) in [5, 5.41) is 3.94. The molecule has 0 spiro atoms. The van der Waals surface area contributed by atoms with Gasteiger partial charge < -0.3 is 4.74 Å². The Kier molecular flexibility index (Phi) is 6.65. The summed E-state index contributed by atoms with van der Waals surface area (Å²) in [4.78, 5) is 12.5. The number of rotatable bonds is 7. The van der Waals surface area contributed by atoms with Gasteiger partial charge in [0.2, 0.25) is 10.0 Å². The zero-order valence-electron chi connectivity index (χ0n) is 15.7. The van der Waals surface area contributed by atoms with E-state index in [1.165, 1.54) is 28.7 Å². The van der Waals surface area contributed by atoms with Gasteiger partial charge in [0.1, 0.15) is 12.4 Å². The van der Waals surface area contributed by atoms with Crippen LogP contribution in [0.25, 0.3) is 0 Å². The number of sulfonamides is 1. The van der Waals surface area contributed by atoms with Crippen LogP contribution in [0.4, 0.5) is 0 Å². The number of ether oxygens (including phenoxy) is 1. The van der Waals surface area contributed by atoms with Crippen LogP contribution in [0.15, 0.2) is 58.5 Å². The Morgan fingerprint density at radius 3 is 2.72 bits per heavy atom. The molecule has 1 aliphatic rings. The van der Waals surface area contributed by atoms with Crippen molar-refractivity contribution in [1.82, 2.24) is 9.73 Å². The van der Waals surface area contributed by atoms with Gasteiger partial charge >= 0.3 is 0 Å². The molecule has 8 heteroatoms. The lowest BCUT2D eigenvalue weighted by molar-refractivity contribution is 0.0955. The third kappa shape index (κ3) is 5.02. The summed E-state index contributed by atoms with van der Waals surface area (Å²) in [5.41, 5.74) is 3.26. The van der Waals surface area contributed by atoms with E-state index in [9.17, 15) is 13.2 Å². The van der Waals surface area contributed by atoms with Gasteiger partial charge in [-0.3, -0.25) is 4.79 Å². The minimum absolute atomic E-state index is 0.101. The monoisotopic (exact) mass is 411 g/mol. The summed E-state index contributed by atoms with van der Waals surface area (Å²) in [6.45, 7) is 1.13. The van der Waals surface area contributed by atoms with Crippen LogP contribution in [0, 0.1) is 12.3 Å². The highest BCUT2D eigenvalue weighted by molar-refractivity contribution is 7.89. The Morgan fingerprint density at radius 2 is 1.97 bits per heavy atom. The van der Waals surface area contributed by atoms with Gasteiger partial charge in [-0.05, 0) is 43.2 Å². The maximum Gasteiger partial charge on any atom is 0.271 e. The quantitative estimate of drug-likeness (QED) is 0.430. The summed E-state index contributed by atoms with van der Waals surface area (Å²) >= 11 is 0. The Balaban J connectivity index is 1.71. The Bertz CT molecular complexity index is 1050. The number of hydrazone groups is 1. The number of para-hydroxylation sites is 1. The van der Waals surface area contributed by atoms with Crippen molar-refractivity contribution in [1.29, 1.82) is 0 Å². The van der Waals surface area contributed by atoms with E-state index >= 15 is 0 Å². The van der Waals surface area contributed by atoms with Gasteiger partial charge in [-0.2, -0.15) is 9.41 Å². The molecule has 1 amide bonds. The fraction of sp³-hybridized carbons (Fsp3) is 0.238. The first kappa shape index (κ1) is 20.6. The lowest BCUT2D eigenvalue weighted by Crippen LogP contribution is -2.28. The number of hydrogen-bond donors (Lipinski definition) is 1. The van der Waals surface area contributed by atoms with Gasteiger partial charge in [-0.25, -0.2) is 13.8 Å². The van der Waals surface area contributed by atoms with Gasteiger partial charge in [-0.15, -0.1) is 6.42 Å². The molecule has 2 aromatic carbocycles. The zero-order valence-corrected chi connectivity index (χ0v) is 16.6. The molecule has 150 valence electrons. The SMILES string of the molecule is C#CCOc1ccccc1/C=N\NC(=O)c1cccc(S(=O)(=O)N2CCCC2)c1. The van der Waals surface area contributed by atoms with E-state index in [0.29, 0.717) is 24.4 Å². The van der Waals surface area contributed by atoms with Crippen LogP contribution in [0.5, 0.6) is 5.75 Å². The third-order valence-corrected chi connectivity index (χ3v) is 6.29. The fourth-order valence-corrected chi connectivity index (χ4v) is 4.50. The minimum atomic E-state index is -3.59. The van der Waals surface area contributed by atoms with Crippen LogP contribution in [-0.4, -0.2) is 44.5 Å². The number of carbonyl (C=O) groups is 1. The van der Waals surface area contributed by atoms with Crippen LogP contribution in [0.1, 0.15) is 28.8 Å². The Morgan fingerprint density at radius 1 is 1.21 bits per heavy atom. The van der Waals surface area contributed by atoms with E-state index in [0.717, 1.165) is 12.8 Å². The van der Waals surface area contributed by atoms with Crippen molar-refractivity contribution in [3.8, 4) is 18.1 Å². The van der Waals surface area contributed by atoms with Crippen molar-refractivity contribution in [2.24, 2.45) is 5.10 Å². The smallest absolute Gasteiger partial charge is 0.271 e. The molecule has 0 radical (unpaired) electrons. The minimum Gasteiger partial charge on any atom is -0.480 e. The van der Waals surface area contributed by atoms with E-state index < -0.39 is 15.9 Å². The predicted octanol–water partition coefficient (Wildman–Crippen LogP) is 2.25. The second-order valence-electron chi connectivity index (χ2n) is 6.37. The molecule has 2 aromatic rings. The van der Waals surface area contributed by atoms with Crippen molar-refractivity contribution < 1.29 is 17.9 Å². The van der Waals surface area contributed by atoms with Crippen LogP contribution >= 0.6 is 0 Å². The van der Waals surface area contributed by atoms with Crippen molar-refractivity contribution in [3.63, 3.8) is 0 Å². The lowest BCUT2D eigenvalue weighted by Gasteiger charge is -2.15. The topological polar surface area (TPSA) is 88.1 Å². The highest BCUT2D eigenvalue weighted by Crippen LogP contribution is 2.21. The molecular weight excluding hydrogens is 390 g/mol. The van der Waals surface area contributed by atoms with Gasteiger partial charge in [-0.1, -0.05) is 24.1 Å². The molecule has 1 fully saturated rings. The Labute approximate surface area is 170 Å². The number of hydrogen-bond acceptors (Lipinski definition) is 5. The average molecular weight is 411 g/mol. The molecule has 3 rings (SSSR count). The van der Waals surface area contributed by atoms with Gasteiger partial charge in [0.15, 0.2) is 0 Å². The first-order valence-electron chi connectivity index (χ1n) is 9.11. The summed E-state index contributed by atoms with van der Waals surface area (Å²) < 4.78 is 32.2.